The highest BCUT2D eigenvalue weighted by molar-refractivity contribution is 5.86. The highest BCUT2D eigenvalue weighted by Crippen LogP contribution is 2.13. The van der Waals surface area contributed by atoms with Crippen molar-refractivity contribution in [2.24, 2.45) is 0 Å². The van der Waals surface area contributed by atoms with E-state index in [9.17, 15) is 9.90 Å². The number of benzene rings is 2. The van der Waals surface area contributed by atoms with Crippen molar-refractivity contribution >= 4 is 11.7 Å². The average Bonchev–Trinajstić information content (AvgIpc) is 2.70. The third-order valence-electron chi connectivity index (χ3n) is 4.93. The van der Waals surface area contributed by atoms with Gasteiger partial charge in [0.2, 0.25) is 0 Å². The molecule has 1 N–H and O–H groups in total. The summed E-state index contributed by atoms with van der Waals surface area (Å²) in [5, 5.41) is 14.0. The maximum Gasteiger partial charge on any atom is 0.0715 e. The van der Waals surface area contributed by atoms with Crippen molar-refractivity contribution in [3.05, 3.63) is 65.7 Å². The van der Waals surface area contributed by atoms with Crippen LogP contribution in [0.2, 0.25) is 0 Å². The highest BCUT2D eigenvalue weighted by Gasteiger charge is 1.96. The smallest absolute Gasteiger partial charge is 0.0715 e. The summed E-state index contributed by atoms with van der Waals surface area (Å²) < 4.78 is 0. The summed E-state index contributed by atoms with van der Waals surface area (Å²) in [6.07, 6.45) is 13.0. The maximum atomic E-state index is 10.7. The van der Waals surface area contributed by atoms with Gasteiger partial charge in [-0.3, -0.25) is 0 Å². The Bertz CT molecular complexity index is 637. The van der Waals surface area contributed by atoms with Crippen molar-refractivity contribution in [1.29, 1.82) is 0 Å². The Balaban J connectivity index is 1.37. The average molecular weight is 367 g/mol. The summed E-state index contributed by atoms with van der Waals surface area (Å²) in [7, 11) is 0. The van der Waals surface area contributed by atoms with Gasteiger partial charge >= 0.3 is 0 Å². The Morgan fingerprint density at radius 3 is 1.85 bits per heavy atom. The number of carbonyl (C=O) groups is 1. The highest BCUT2D eigenvalue weighted by atomic mass is 16.4. The number of carbonyl (C=O) groups excluding carboxylic acids is 1. The fraction of sp³-hybridized carbons (Fsp3) is 0.458. The van der Waals surface area contributed by atoms with Crippen LogP contribution in [0, 0.1) is 0 Å². The predicted octanol–water partition coefficient (Wildman–Crippen LogP) is 5.22. The molecule has 2 aromatic carbocycles. The monoisotopic (exact) mass is 366 g/mol. The van der Waals surface area contributed by atoms with Gasteiger partial charge in [-0.05, 0) is 42.5 Å². The van der Waals surface area contributed by atoms with E-state index in [1.54, 1.807) is 24.3 Å². The van der Waals surface area contributed by atoms with Gasteiger partial charge in [0, 0.05) is 12.2 Å². The standard InChI is InChI=1S/C24H33NO2/c26-24(27)22-16-18-23(19-17-22)25-20-12-7-5-3-1-2-4-6-9-13-21-14-10-8-11-15-21/h8,10-11,14-19,25H,1-7,9,12-13,20H2,(H,26,27)/p-1. The van der Waals surface area contributed by atoms with E-state index < -0.39 is 5.97 Å². The van der Waals surface area contributed by atoms with Crippen molar-refractivity contribution in [3.8, 4) is 0 Å². The lowest BCUT2D eigenvalue weighted by atomic mass is 10.0. The van der Waals surface area contributed by atoms with Gasteiger partial charge in [-0.25, -0.2) is 0 Å². The molecule has 146 valence electrons. The molecule has 0 aliphatic heterocycles. The molecule has 0 aliphatic rings. The molecule has 2 rings (SSSR count). The molecule has 0 amide bonds. The van der Waals surface area contributed by atoms with E-state index in [0.717, 1.165) is 18.7 Å². The molecule has 0 spiro atoms. The van der Waals surface area contributed by atoms with Gasteiger partial charge in [0.25, 0.3) is 0 Å². The van der Waals surface area contributed by atoms with Crippen molar-refractivity contribution in [1.82, 2.24) is 0 Å². The van der Waals surface area contributed by atoms with Crippen molar-refractivity contribution in [3.63, 3.8) is 0 Å². The third-order valence-corrected chi connectivity index (χ3v) is 4.93. The zero-order chi connectivity index (χ0) is 19.2. The molecule has 0 saturated heterocycles. The minimum absolute atomic E-state index is 0.223. The Morgan fingerprint density at radius 2 is 1.26 bits per heavy atom. The topological polar surface area (TPSA) is 52.2 Å². The Labute approximate surface area is 163 Å². The first kappa shape index (κ1) is 21.0. The van der Waals surface area contributed by atoms with E-state index in [0.29, 0.717) is 0 Å². The van der Waals surface area contributed by atoms with Crippen LogP contribution in [0.25, 0.3) is 0 Å². The van der Waals surface area contributed by atoms with Gasteiger partial charge in [0.15, 0.2) is 0 Å². The fourth-order valence-corrected chi connectivity index (χ4v) is 3.29. The molecule has 0 heterocycles. The zero-order valence-corrected chi connectivity index (χ0v) is 16.3. The minimum Gasteiger partial charge on any atom is -0.545 e. The van der Waals surface area contributed by atoms with Crippen LogP contribution < -0.4 is 10.4 Å². The van der Waals surface area contributed by atoms with Crippen LogP contribution in [-0.4, -0.2) is 12.5 Å². The molecule has 0 atom stereocenters. The van der Waals surface area contributed by atoms with Crippen LogP contribution >= 0.6 is 0 Å². The molecule has 0 radical (unpaired) electrons. The number of anilines is 1. The second-order valence-electron chi connectivity index (χ2n) is 7.21. The fourth-order valence-electron chi connectivity index (χ4n) is 3.29. The second-order valence-corrected chi connectivity index (χ2v) is 7.21. The number of rotatable bonds is 14. The van der Waals surface area contributed by atoms with Gasteiger partial charge in [0.05, 0.1) is 5.97 Å². The lowest BCUT2D eigenvalue weighted by Crippen LogP contribution is -2.21. The van der Waals surface area contributed by atoms with Crippen LogP contribution in [0.3, 0.4) is 0 Å². The molecule has 2 aromatic rings. The molecule has 27 heavy (non-hydrogen) atoms. The predicted molar refractivity (Wildman–Crippen MR) is 111 cm³/mol. The quantitative estimate of drug-likeness (QED) is 0.467. The number of carboxylic acids is 1. The number of hydrogen-bond donors (Lipinski definition) is 1. The van der Waals surface area contributed by atoms with Crippen LogP contribution in [-0.2, 0) is 6.42 Å². The summed E-state index contributed by atoms with van der Waals surface area (Å²) in [4.78, 5) is 10.7. The van der Waals surface area contributed by atoms with E-state index in [4.69, 9.17) is 0 Å². The van der Waals surface area contributed by atoms with Gasteiger partial charge < -0.3 is 15.2 Å². The molecule has 0 unspecified atom stereocenters. The third kappa shape index (κ3) is 9.28. The number of aryl methyl sites for hydroxylation is 1. The number of aromatic carboxylic acids is 1. The van der Waals surface area contributed by atoms with E-state index in [1.165, 1.54) is 63.4 Å². The van der Waals surface area contributed by atoms with Crippen molar-refractivity contribution in [2.75, 3.05) is 11.9 Å². The molecular weight excluding hydrogens is 334 g/mol. The molecule has 0 aromatic heterocycles. The van der Waals surface area contributed by atoms with E-state index in [1.807, 2.05) is 0 Å². The van der Waals surface area contributed by atoms with Crippen molar-refractivity contribution < 1.29 is 9.90 Å². The normalized spacial score (nSPS) is 10.7. The van der Waals surface area contributed by atoms with Gasteiger partial charge in [-0.15, -0.1) is 0 Å². The summed E-state index contributed by atoms with van der Waals surface area (Å²) in [6, 6.07) is 17.5. The minimum atomic E-state index is -1.13. The number of unbranched alkanes of at least 4 members (excludes halogenated alkanes) is 8. The van der Waals surface area contributed by atoms with Crippen molar-refractivity contribution in [2.45, 2.75) is 64.2 Å². The molecule has 0 fully saturated rings. The zero-order valence-electron chi connectivity index (χ0n) is 16.3. The van der Waals surface area contributed by atoms with Crippen LogP contribution in [0.15, 0.2) is 54.6 Å². The van der Waals surface area contributed by atoms with Crippen LogP contribution in [0.5, 0.6) is 0 Å². The molecule has 3 nitrogen and oxygen atoms in total. The summed E-state index contributed by atoms with van der Waals surface area (Å²) in [5.74, 6) is -1.13. The summed E-state index contributed by atoms with van der Waals surface area (Å²) in [6.45, 7) is 0.935. The number of hydrogen-bond acceptors (Lipinski definition) is 3. The molecule has 0 aliphatic carbocycles. The Kier molecular flexibility index (Phi) is 10.1. The first-order valence-electron chi connectivity index (χ1n) is 10.3. The second kappa shape index (κ2) is 13.0. The summed E-state index contributed by atoms with van der Waals surface area (Å²) in [5.41, 5.74) is 2.65. The Hall–Kier alpha value is -2.29. The van der Waals surface area contributed by atoms with Crippen LogP contribution in [0.1, 0.15) is 73.7 Å². The molecular formula is C24H32NO2-. The van der Waals surface area contributed by atoms with Crippen LogP contribution in [0.4, 0.5) is 5.69 Å². The largest absolute Gasteiger partial charge is 0.545 e. The SMILES string of the molecule is O=C([O-])c1ccc(NCCCCCCCCCCCc2ccccc2)cc1. The number of nitrogens with one attached hydrogen (secondary N) is 1. The molecule has 0 saturated carbocycles. The summed E-state index contributed by atoms with van der Waals surface area (Å²) >= 11 is 0. The van der Waals surface area contributed by atoms with Gasteiger partial charge in [0.1, 0.15) is 0 Å². The van der Waals surface area contributed by atoms with E-state index in [2.05, 4.69) is 35.6 Å². The van der Waals surface area contributed by atoms with E-state index >= 15 is 0 Å². The molecule has 0 bridgehead atoms. The lowest BCUT2D eigenvalue weighted by molar-refractivity contribution is -0.255. The first-order chi connectivity index (χ1) is 13.3. The van der Waals surface area contributed by atoms with Gasteiger partial charge in [-0.2, -0.15) is 0 Å². The maximum absolute atomic E-state index is 10.7. The van der Waals surface area contributed by atoms with Gasteiger partial charge in [-0.1, -0.05) is 87.4 Å². The number of carboxylic acid groups (broad SMARTS) is 1. The first-order valence-corrected chi connectivity index (χ1v) is 10.3. The van der Waals surface area contributed by atoms with E-state index in [-0.39, 0.29) is 5.56 Å². The molecule has 3 heteroatoms. The Morgan fingerprint density at radius 1 is 0.704 bits per heavy atom. The lowest BCUT2D eigenvalue weighted by Gasteiger charge is -2.08.